The highest BCUT2D eigenvalue weighted by Crippen LogP contribution is 2.25. The van der Waals surface area contributed by atoms with Crippen LogP contribution in [0.25, 0.3) is 0 Å². The van der Waals surface area contributed by atoms with Gasteiger partial charge in [0.1, 0.15) is 5.82 Å². The maximum atomic E-state index is 13.2. The van der Waals surface area contributed by atoms with Crippen LogP contribution in [-0.2, 0) is 4.79 Å². The molecule has 0 aliphatic carbocycles. The van der Waals surface area contributed by atoms with Crippen molar-refractivity contribution < 1.29 is 18.0 Å². The molecule has 2 aromatic carbocycles. The third-order valence-corrected chi connectivity index (χ3v) is 4.40. The molecule has 1 amide bonds. The van der Waals surface area contributed by atoms with E-state index in [1.807, 2.05) is 0 Å². The maximum absolute atomic E-state index is 13.2. The second-order valence-electron chi connectivity index (χ2n) is 5.12. The highest BCUT2D eigenvalue weighted by molar-refractivity contribution is 8.00. The highest BCUT2D eigenvalue weighted by atomic mass is 32.2. The van der Waals surface area contributed by atoms with Gasteiger partial charge in [-0.25, -0.2) is 13.2 Å². The fourth-order valence-electron chi connectivity index (χ4n) is 1.97. The third-order valence-electron chi connectivity index (χ3n) is 3.30. The topological polar surface area (TPSA) is 29.1 Å². The summed E-state index contributed by atoms with van der Waals surface area (Å²) in [6, 6.07) is 9.11. The summed E-state index contributed by atoms with van der Waals surface area (Å²) in [6.45, 7) is 3.47. The van der Waals surface area contributed by atoms with Gasteiger partial charge < -0.3 is 5.32 Å². The van der Waals surface area contributed by atoms with Gasteiger partial charge in [0.15, 0.2) is 11.6 Å². The van der Waals surface area contributed by atoms with E-state index < -0.39 is 16.9 Å². The molecule has 122 valence electrons. The Balaban J connectivity index is 1.96. The Morgan fingerprint density at radius 3 is 2.26 bits per heavy atom. The molecule has 0 saturated heterocycles. The van der Waals surface area contributed by atoms with Crippen LogP contribution in [0.15, 0.2) is 47.4 Å². The highest BCUT2D eigenvalue weighted by Gasteiger charge is 2.18. The molecular weight excluding hydrogens is 323 g/mol. The summed E-state index contributed by atoms with van der Waals surface area (Å²) in [5.41, 5.74) is 0.782. The van der Waals surface area contributed by atoms with Crippen molar-refractivity contribution in [2.45, 2.75) is 30.0 Å². The van der Waals surface area contributed by atoms with Gasteiger partial charge in [0.25, 0.3) is 0 Å². The number of thioether (sulfide) groups is 1. The molecule has 0 aliphatic rings. The summed E-state index contributed by atoms with van der Waals surface area (Å²) in [4.78, 5) is 12.6. The SMILES string of the molecule is C[C@H](NC(=O)[C@@H](C)Sc1ccc(F)c(F)c1)c1ccc(F)cc1. The molecule has 2 aromatic rings. The molecule has 6 heteroatoms. The van der Waals surface area contributed by atoms with E-state index in [9.17, 15) is 18.0 Å². The van der Waals surface area contributed by atoms with E-state index in [1.165, 1.54) is 18.2 Å². The van der Waals surface area contributed by atoms with Gasteiger partial charge >= 0.3 is 0 Å². The number of carbonyl (C=O) groups excluding carboxylic acids is 1. The first-order chi connectivity index (χ1) is 10.9. The summed E-state index contributed by atoms with van der Waals surface area (Å²) >= 11 is 1.14. The average molecular weight is 339 g/mol. The Labute approximate surface area is 137 Å². The summed E-state index contributed by atoms with van der Waals surface area (Å²) in [5.74, 6) is -2.44. The molecule has 0 aliphatic heterocycles. The predicted molar refractivity (Wildman–Crippen MR) is 84.6 cm³/mol. The predicted octanol–water partition coefficient (Wildman–Crippen LogP) is 4.46. The lowest BCUT2D eigenvalue weighted by Crippen LogP contribution is -2.33. The Bertz CT molecular complexity index is 691. The number of hydrogen-bond donors (Lipinski definition) is 1. The zero-order valence-electron chi connectivity index (χ0n) is 12.6. The van der Waals surface area contributed by atoms with Crippen LogP contribution in [-0.4, -0.2) is 11.2 Å². The Hall–Kier alpha value is -1.95. The minimum absolute atomic E-state index is 0.239. The van der Waals surface area contributed by atoms with Crippen LogP contribution >= 0.6 is 11.8 Å². The van der Waals surface area contributed by atoms with Crippen LogP contribution in [0.4, 0.5) is 13.2 Å². The fraction of sp³-hybridized carbons (Fsp3) is 0.235. The fourth-order valence-corrected chi connectivity index (χ4v) is 2.87. The van der Waals surface area contributed by atoms with Gasteiger partial charge in [-0.3, -0.25) is 4.79 Å². The molecule has 2 rings (SSSR count). The smallest absolute Gasteiger partial charge is 0.233 e. The van der Waals surface area contributed by atoms with Gasteiger partial charge in [-0.05, 0) is 49.7 Å². The molecule has 0 radical (unpaired) electrons. The lowest BCUT2D eigenvalue weighted by atomic mass is 10.1. The number of carbonyl (C=O) groups is 1. The van der Waals surface area contributed by atoms with E-state index >= 15 is 0 Å². The van der Waals surface area contributed by atoms with Crippen molar-refractivity contribution in [1.82, 2.24) is 5.32 Å². The van der Waals surface area contributed by atoms with E-state index in [-0.39, 0.29) is 17.8 Å². The second-order valence-corrected chi connectivity index (χ2v) is 6.53. The zero-order valence-corrected chi connectivity index (χ0v) is 13.5. The van der Waals surface area contributed by atoms with E-state index in [0.717, 1.165) is 29.5 Å². The maximum Gasteiger partial charge on any atom is 0.233 e. The number of nitrogens with one attached hydrogen (secondary N) is 1. The Morgan fingerprint density at radius 2 is 1.65 bits per heavy atom. The number of hydrogen-bond acceptors (Lipinski definition) is 2. The largest absolute Gasteiger partial charge is 0.349 e. The van der Waals surface area contributed by atoms with Crippen molar-refractivity contribution in [3.8, 4) is 0 Å². The van der Waals surface area contributed by atoms with Crippen LogP contribution in [0.3, 0.4) is 0 Å². The number of amides is 1. The van der Waals surface area contributed by atoms with Crippen molar-refractivity contribution >= 4 is 17.7 Å². The molecule has 2 nitrogen and oxygen atoms in total. The first kappa shape index (κ1) is 17.4. The minimum Gasteiger partial charge on any atom is -0.349 e. The zero-order chi connectivity index (χ0) is 17.0. The molecule has 0 bridgehead atoms. The van der Waals surface area contributed by atoms with Crippen molar-refractivity contribution in [2.75, 3.05) is 0 Å². The normalized spacial score (nSPS) is 13.4. The lowest BCUT2D eigenvalue weighted by Gasteiger charge is -2.18. The van der Waals surface area contributed by atoms with E-state index in [1.54, 1.807) is 26.0 Å². The quantitative estimate of drug-likeness (QED) is 0.815. The molecule has 0 unspecified atom stereocenters. The minimum atomic E-state index is -0.942. The summed E-state index contributed by atoms with van der Waals surface area (Å²) in [5, 5.41) is 2.33. The summed E-state index contributed by atoms with van der Waals surface area (Å²) in [7, 11) is 0. The average Bonchev–Trinajstić information content (AvgIpc) is 2.51. The number of benzene rings is 2. The van der Waals surface area contributed by atoms with Gasteiger partial charge in [0.05, 0.1) is 11.3 Å². The number of halogens is 3. The molecule has 0 saturated carbocycles. The van der Waals surface area contributed by atoms with Gasteiger partial charge in [-0.15, -0.1) is 11.8 Å². The third kappa shape index (κ3) is 4.76. The molecule has 0 aromatic heterocycles. The van der Waals surface area contributed by atoms with Gasteiger partial charge in [-0.2, -0.15) is 0 Å². The lowest BCUT2D eigenvalue weighted by molar-refractivity contribution is -0.120. The molecule has 2 atom stereocenters. The molecular formula is C17H16F3NOS. The van der Waals surface area contributed by atoms with Crippen LogP contribution in [0.1, 0.15) is 25.5 Å². The monoisotopic (exact) mass is 339 g/mol. The standard InChI is InChI=1S/C17H16F3NOS/c1-10(12-3-5-13(18)6-4-12)21-17(22)11(2)23-14-7-8-15(19)16(20)9-14/h3-11H,1-2H3,(H,21,22)/t10-,11+/m0/s1. The van der Waals surface area contributed by atoms with Crippen molar-refractivity contribution in [1.29, 1.82) is 0 Å². The first-order valence-electron chi connectivity index (χ1n) is 7.04. The summed E-state index contributed by atoms with van der Waals surface area (Å²) in [6.07, 6.45) is 0. The van der Waals surface area contributed by atoms with Crippen LogP contribution in [0, 0.1) is 17.5 Å². The van der Waals surface area contributed by atoms with Gasteiger partial charge in [0.2, 0.25) is 5.91 Å². The van der Waals surface area contributed by atoms with E-state index in [0.29, 0.717) is 4.90 Å². The molecule has 0 heterocycles. The Morgan fingerprint density at radius 1 is 1.00 bits per heavy atom. The molecule has 23 heavy (non-hydrogen) atoms. The van der Waals surface area contributed by atoms with Crippen molar-refractivity contribution in [3.05, 3.63) is 65.5 Å². The van der Waals surface area contributed by atoms with Crippen LogP contribution in [0.2, 0.25) is 0 Å². The van der Waals surface area contributed by atoms with Gasteiger partial charge in [-0.1, -0.05) is 12.1 Å². The van der Waals surface area contributed by atoms with Gasteiger partial charge in [0, 0.05) is 4.90 Å². The molecule has 0 fully saturated rings. The second kappa shape index (κ2) is 7.55. The Kier molecular flexibility index (Phi) is 5.71. The van der Waals surface area contributed by atoms with Crippen molar-refractivity contribution in [2.24, 2.45) is 0 Å². The summed E-state index contributed by atoms with van der Waals surface area (Å²) < 4.78 is 39.0. The number of rotatable bonds is 5. The molecule has 0 spiro atoms. The van der Waals surface area contributed by atoms with Crippen LogP contribution in [0.5, 0.6) is 0 Å². The van der Waals surface area contributed by atoms with Crippen molar-refractivity contribution in [3.63, 3.8) is 0 Å². The van der Waals surface area contributed by atoms with Crippen LogP contribution < -0.4 is 5.32 Å². The van der Waals surface area contributed by atoms with E-state index in [2.05, 4.69) is 5.32 Å². The first-order valence-corrected chi connectivity index (χ1v) is 7.92. The van der Waals surface area contributed by atoms with E-state index in [4.69, 9.17) is 0 Å². The molecule has 1 N–H and O–H groups in total.